The van der Waals surface area contributed by atoms with Gasteiger partial charge in [-0.2, -0.15) is 0 Å². The molecule has 2 amide bonds. The van der Waals surface area contributed by atoms with Crippen molar-refractivity contribution in [3.63, 3.8) is 0 Å². The van der Waals surface area contributed by atoms with Crippen LogP contribution in [0.2, 0.25) is 5.02 Å². The number of amides is 2. The Labute approximate surface area is 201 Å². The van der Waals surface area contributed by atoms with Crippen molar-refractivity contribution in [2.45, 2.75) is 25.3 Å². The third-order valence-electron chi connectivity index (χ3n) is 5.71. The van der Waals surface area contributed by atoms with Crippen molar-refractivity contribution in [3.05, 3.63) is 57.9 Å². The topological polar surface area (TPSA) is 94.2 Å². The number of carbonyl (C=O) groups excluding carboxylic acids is 3. The Morgan fingerprint density at radius 2 is 1.82 bits per heavy atom. The molecule has 182 valence electrons. The molecule has 2 aromatic rings. The Kier molecular flexibility index (Phi) is 8.33. The van der Waals surface area contributed by atoms with Crippen LogP contribution in [0.1, 0.15) is 40.4 Å². The van der Waals surface area contributed by atoms with E-state index in [2.05, 4.69) is 5.32 Å². The molecule has 0 saturated carbocycles. The van der Waals surface area contributed by atoms with E-state index < -0.39 is 23.7 Å². The first-order valence-electron chi connectivity index (χ1n) is 10.6. The normalized spacial score (nSPS) is 14.7. The number of nitrogens with zero attached hydrogens (tertiary/aromatic N) is 1. The van der Waals surface area contributed by atoms with Gasteiger partial charge in [0.05, 0.1) is 44.4 Å². The maximum absolute atomic E-state index is 13.2. The zero-order valence-corrected chi connectivity index (χ0v) is 19.9. The molecule has 3 rings (SSSR count). The van der Waals surface area contributed by atoms with Crippen LogP contribution in [-0.2, 0) is 20.7 Å². The van der Waals surface area contributed by atoms with Gasteiger partial charge in [-0.3, -0.25) is 14.4 Å². The third-order valence-corrected chi connectivity index (χ3v) is 6.02. The molecule has 34 heavy (non-hydrogen) atoms. The Morgan fingerprint density at radius 1 is 1.12 bits per heavy atom. The Hall–Kier alpha value is -3.33. The summed E-state index contributed by atoms with van der Waals surface area (Å²) in [5.74, 6) is -0.684. The molecular formula is C24H26ClFN2O6. The number of hydrogen-bond acceptors (Lipinski definition) is 6. The predicted octanol–water partition coefficient (Wildman–Crippen LogP) is 3.31. The number of hydrogen-bond donors (Lipinski definition) is 1. The van der Waals surface area contributed by atoms with Crippen LogP contribution in [0.4, 0.5) is 4.39 Å². The summed E-state index contributed by atoms with van der Waals surface area (Å²) in [6.45, 7) is 0.437. The lowest BCUT2D eigenvalue weighted by Crippen LogP contribution is -2.42. The first-order chi connectivity index (χ1) is 16.3. The van der Waals surface area contributed by atoms with E-state index in [-0.39, 0.29) is 35.9 Å². The third kappa shape index (κ3) is 5.59. The molecule has 0 radical (unpaired) electrons. The molecule has 2 aromatic carbocycles. The van der Waals surface area contributed by atoms with Crippen LogP contribution in [-0.4, -0.2) is 57.1 Å². The minimum absolute atomic E-state index is 0.00481. The number of esters is 1. The second-order valence-electron chi connectivity index (χ2n) is 7.67. The molecular weight excluding hydrogens is 467 g/mol. The summed E-state index contributed by atoms with van der Waals surface area (Å²) in [5.41, 5.74) is 1.85. The highest BCUT2D eigenvalue weighted by Crippen LogP contribution is 2.39. The van der Waals surface area contributed by atoms with Gasteiger partial charge in [-0.05, 0) is 47.9 Å². The maximum atomic E-state index is 13.2. The molecule has 8 nitrogen and oxygen atoms in total. The molecule has 0 aliphatic carbocycles. The van der Waals surface area contributed by atoms with Gasteiger partial charge in [0.15, 0.2) is 11.5 Å². The average molecular weight is 493 g/mol. The van der Waals surface area contributed by atoms with Gasteiger partial charge in [-0.25, -0.2) is 4.39 Å². The summed E-state index contributed by atoms with van der Waals surface area (Å²) in [6.07, 6.45) is 0.545. The molecule has 1 aliphatic rings. The summed E-state index contributed by atoms with van der Waals surface area (Å²) < 4.78 is 28.8. The lowest BCUT2D eigenvalue weighted by molar-refractivity contribution is -0.144. The molecule has 0 spiro atoms. The first kappa shape index (κ1) is 25.3. The standard InChI is InChI=1S/C24H26ClFN2O6/c1-32-20-10-14-7-9-28(19(13-23(30)34-3)17(14)12-21(20)33-2)22(29)6-8-27-24(31)16-5-4-15(26)11-18(16)25/h4-5,10-12,19H,6-9,13H2,1-3H3,(H,27,31). The van der Waals surface area contributed by atoms with Crippen LogP contribution in [0.3, 0.4) is 0 Å². The number of rotatable bonds is 8. The average Bonchev–Trinajstić information content (AvgIpc) is 2.82. The molecule has 1 aliphatic heterocycles. The van der Waals surface area contributed by atoms with Crippen molar-refractivity contribution >= 4 is 29.4 Å². The number of nitrogens with one attached hydrogen (secondary N) is 1. The van der Waals surface area contributed by atoms with E-state index in [0.29, 0.717) is 24.5 Å². The first-order valence-corrected chi connectivity index (χ1v) is 11.0. The summed E-state index contributed by atoms with van der Waals surface area (Å²) in [6, 6.07) is 6.55. The largest absolute Gasteiger partial charge is 0.493 e. The summed E-state index contributed by atoms with van der Waals surface area (Å²) in [4.78, 5) is 39.2. The van der Waals surface area contributed by atoms with E-state index in [4.69, 9.17) is 25.8 Å². The van der Waals surface area contributed by atoms with Crippen molar-refractivity contribution < 1.29 is 33.0 Å². The summed E-state index contributed by atoms with van der Waals surface area (Å²) in [5, 5.41) is 2.61. The van der Waals surface area contributed by atoms with Crippen molar-refractivity contribution in [2.75, 3.05) is 34.4 Å². The lowest BCUT2D eigenvalue weighted by atomic mass is 9.89. The highest BCUT2D eigenvalue weighted by molar-refractivity contribution is 6.33. The molecule has 1 heterocycles. The van der Waals surface area contributed by atoms with Crippen LogP contribution in [0.15, 0.2) is 30.3 Å². The van der Waals surface area contributed by atoms with Gasteiger partial charge in [-0.1, -0.05) is 11.6 Å². The van der Waals surface area contributed by atoms with Crippen LogP contribution >= 0.6 is 11.6 Å². The molecule has 0 bridgehead atoms. The number of ether oxygens (including phenoxy) is 3. The summed E-state index contributed by atoms with van der Waals surface area (Å²) in [7, 11) is 4.35. The van der Waals surface area contributed by atoms with Gasteiger partial charge in [0.2, 0.25) is 5.91 Å². The van der Waals surface area contributed by atoms with Crippen LogP contribution in [0, 0.1) is 5.82 Å². The Balaban J connectivity index is 1.74. The van der Waals surface area contributed by atoms with E-state index in [1.165, 1.54) is 20.3 Å². The van der Waals surface area contributed by atoms with Gasteiger partial charge in [-0.15, -0.1) is 0 Å². The quantitative estimate of drug-likeness (QED) is 0.568. The molecule has 0 aromatic heterocycles. The number of carbonyl (C=O) groups is 3. The van der Waals surface area contributed by atoms with Crippen molar-refractivity contribution in [1.82, 2.24) is 10.2 Å². The fourth-order valence-electron chi connectivity index (χ4n) is 3.98. The van der Waals surface area contributed by atoms with Crippen molar-refractivity contribution in [1.29, 1.82) is 0 Å². The minimum atomic E-state index is -0.550. The van der Waals surface area contributed by atoms with Gasteiger partial charge < -0.3 is 24.4 Å². The SMILES string of the molecule is COC(=O)CC1c2cc(OC)c(OC)cc2CCN1C(=O)CCNC(=O)c1ccc(F)cc1Cl. The zero-order chi connectivity index (χ0) is 24.8. The molecule has 1 atom stereocenters. The second kappa shape index (κ2) is 11.2. The second-order valence-corrected chi connectivity index (χ2v) is 8.08. The summed E-state index contributed by atoms with van der Waals surface area (Å²) >= 11 is 5.92. The molecule has 1 unspecified atom stereocenters. The van der Waals surface area contributed by atoms with E-state index in [1.807, 2.05) is 6.07 Å². The number of benzene rings is 2. The van der Waals surface area contributed by atoms with Crippen LogP contribution in [0.25, 0.3) is 0 Å². The number of methoxy groups -OCH3 is 3. The van der Waals surface area contributed by atoms with Gasteiger partial charge in [0, 0.05) is 19.5 Å². The van der Waals surface area contributed by atoms with Gasteiger partial charge >= 0.3 is 5.97 Å². The highest BCUT2D eigenvalue weighted by atomic mass is 35.5. The van der Waals surface area contributed by atoms with Gasteiger partial charge in [0.25, 0.3) is 5.91 Å². The monoisotopic (exact) mass is 492 g/mol. The van der Waals surface area contributed by atoms with E-state index in [1.54, 1.807) is 18.1 Å². The Bertz CT molecular complexity index is 1090. The van der Waals surface area contributed by atoms with Gasteiger partial charge in [0.1, 0.15) is 5.82 Å². The van der Waals surface area contributed by atoms with Crippen molar-refractivity contribution in [2.24, 2.45) is 0 Å². The van der Waals surface area contributed by atoms with E-state index >= 15 is 0 Å². The smallest absolute Gasteiger partial charge is 0.307 e. The molecule has 1 N–H and O–H groups in total. The minimum Gasteiger partial charge on any atom is -0.493 e. The zero-order valence-electron chi connectivity index (χ0n) is 19.2. The highest BCUT2D eigenvalue weighted by Gasteiger charge is 2.33. The molecule has 0 fully saturated rings. The lowest BCUT2D eigenvalue weighted by Gasteiger charge is -2.37. The van der Waals surface area contributed by atoms with E-state index in [0.717, 1.165) is 23.3 Å². The predicted molar refractivity (Wildman–Crippen MR) is 123 cm³/mol. The number of fused-ring (bicyclic) bond motifs is 1. The number of halogens is 2. The van der Waals surface area contributed by atoms with Crippen molar-refractivity contribution in [3.8, 4) is 11.5 Å². The fraction of sp³-hybridized carbons (Fsp3) is 0.375. The maximum Gasteiger partial charge on any atom is 0.307 e. The fourth-order valence-corrected chi connectivity index (χ4v) is 4.24. The molecule has 10 heteroatoms. The Morgan fingerprint density at radius 3 is 2.47 bits per heavy atom. The van der Waals surface area contributed by atoms with Crippen LogP contribution < -0.4 is 14.8 Å². The molecule has 0 saturated heterocycles. The van der Waals surface area contributed by atoms with E-state index in [9.17, 15) is 18.8 Å². The van der Waals surface area contributed by atoms with Crippen LogP contribution in [0.5, 0.6) is 11.5 Å².